The number of esters is 4. The maximum atomic E-state index is 12.2. The van der Waals surface area contributed by atoms with Gasteiger partial charge in [0, 0.05) is 36.0 Å². The third-order valence-electron chi connectivity index (χ3n) is 4.73. The number of hydrogen-bond donors (Lipinski definition) is 0. The molecule has 13 heteroatoms. The van der Waals surface area contributed by atoms with E-state index in [1.54, 1.807) is 18.2 Å². The van der Waals surface area contributed by atoms with Gasteiger partial charge in [-0.25, -0.2) is 14.4 Å². The van der Waals surface area contributed by atoms with E-state index in [4.69, 9.17) is 33.3 Å². The Labute approximate surface area is 238 Å². The lowest BCUT2D eigenvalue weighted by Crippen LogP contribution is -2.31. The van der Waals surface area contributed by atoms with Crippen molar-refractivity contribution < 1.29 is 57.3 Å². The molecule has 0 spiro atoms. The predicted molar refractivity (Wildman–Crippen MR) is 146 cm³/mol. The van der Waals surface area contributed by atoms with E-state index in [9.17, 15) is 24.4 Å². The first-order chi connectivity index (χ1) is 19.4. The fourth-order valence-electron chi connectivity index (χ4n) is 2.73. The highest BCUT2D eigenvalue weighted by Gasteiger charge is 2.18. The lowest BCUT2D eigenvalue weighted by molar-refractivity contribution is -0.750. The standard InChI is InChI=1S/C28H35NO12/c1-8-29(34)41-23(17-39-28(33)19(4)5)16-37-26(31)12-10-21-9-11-24(25(13-21)35-7)36-14-22(40-20(6)30)15-38-27(32)18(2)3/h8-13,22-23H,2,4,14-17H2,1,3,5-7H3/b12-10+,29-8+. The first kappa shape index (κ1) is 34.2. The minimum atomic E-state index is -1.05. The van der Waals surface area contributed by atoms with Crippen molar-refractivity contribution in [1.82, 2.24) is 0 Å². The van der Waals surface area contributed by atoms with Gasteiger partial charge in [-0.2, -0.15) is 0 Å². The number of benzene rings is 1. The van der Waals surface area contributed by atoms with Gasteiger partial charge in [0.1, 0.15) is 32.5 Å². The van der Waals surface area contributed by atoms with Crippen LogP contribution in [0.15, 0.2) is 48.6 Å². The van der Waals surface area contributed by atoms with Crippen LogP contribution in [0, 0.1) is 5.21 Å². The second kappa shape index (κ2) is 17.7. The van der Waals surface area contributed by atoms with Crippen LogP contribution in [-0.4, -0.2) is 80.7 Å². The van der Waals surface area contributed by atoms with E-state index in [1.165, 1.54) is 40.9 Å². The summed E-state index contributed by atoms with van der Waals surface area (Å²) in [5, 5.41) is 11.5. The first-order valence-electron chi connectivity index (χ1n) is 12.3. The van der Waals surface area contributed by atoms with E-state index < -0.39 is 36.1 Å². The van der Waals surface area contributed by atoms with Gasteiger partial charge in [-0.1, -0.05) is 19.2 Å². The third kappa shape index (κ3) is 13.7. The number of ether oxygens (including phenoxy) is 6. The van der Waals surface area contributed by atoms with Crippen LogP contribution in [0.1, 0.15) is 33.3 Å². The molecule has 0 fully saturated rings. The molecule has 0 aliphatic carbocycles. The molecule has 0 saturated carbocycles. The van der Waals surface area contributed by atoms with Crippen molar-refractivity contribution in [3.05, 3.63) is 59.3 Å². The van der Waals surface area contributed by atoms with Crippen molar-refractivity contribution in [2.45, 2.75) is 39.9 Å². The van der Waals surface area contributed by atoms with Gasteiger partial charge in [0.15, 0.2) is 17.6 Å². The molecule has 0 aliphatic rings. The molecule has 224 valence electrons. The summed E-state index contributed by atoms with van der Waals surface area (Å²) < 4.78 is 31.3. The monoisotopic (exact) mass is 577 g/mol. The number of carbonyl (C=O) groups is 4. The lowest BCUT2D eigenvalue weighted by Gasteiger charge is -2.19. The van der Waals surface area contributed by atoms with Gasteiger partial charge in [0.05, 0.1) is 7.11 Å². The molecule has 0 saturated heterocycles. The summed E-state index contributed by atoms with van der Waals surface area (Å²) in [6.07, 6.45) is 1.74. The molecular weight excluding hydrogens is 542 g/mol. The molecular formula is C28H35NO12. The normalized spacial score (nSPS) is 12.5. The summed E-state index contributed by atoms with van der Waals surface area (Å²) in [6.45, 7) is 11.5. The van der Waals surface area contributed by atoms with Crippen LogP contribution in [0.5, 0.6) is 11.5 Å². The van der Waals surface area contributed by atoms with E-state index >= 15 is 0 Å². The fourth-order valence-corrected chi connectivity index (χ4v) is 2.73. The second-order valence-electron chi connectivity index (χ2n) is 8.44. The molecule has 2 unspecified atom stereocenters. The van der Waals surface area contributed by atoms with E-state index in [1.807, 2.05) is 0 Å². The quantitative estimate of drug-likeness (QED) is 0.0666. The highest BCUT2D eigenvalue weighted by atomic mass is 16.9. The zero-order valence-electron chi connectivity index (χ0n) is 23.7. The maximum Gasteiger partial charge on any atom is 0.333 e. The average molecular weight is 578 g/mol. The third-order valence-corrected chi connectivity index (χ3v) is 4.73. The molecule has 0 radical (unpaired) electrons. The smallest absolute Gasteiger partial charge is 0.333 e. The maximum absolute atomic E-state index is 12.2. The zero-order chi connectivity index (χ0) is 30.9. The zero-order valence-corrected chi connectivity index (χ0v) is 23.7. The second-order valence-corrected chi connectivity index (χ2v) is 8.44. The summed E-state index contributed by atoms with van der Waals surface area (Å²) in [5.41, 5.74) is 0.903. The Hall–Kier alpha value is -4.81. The van der Waals surface area contributed by atoms with Crippen molar-refractivity contribution in [2.24, 2.45) is 0 Å². The molecule has 41 heavy (non-hydrogen) atoms. The Kier molecular flexibility index (Phi) is 14.8. The Morgan fingerprint density at radius 3 is 2.02 bits per heavy atom. The largest absolute Gasteiger partial charge is 0.493 e. The molecule has 2 atom stereocenters. The van der Waals surface area contributed by atoms with Crippen LogP contribution in [0.25, 0.3) is 6.08 Å². The van der Waals surface area contributed by atoms with Gasteiger partial charge in [-0.05, 0) is 37.6 Å². The number of methoxy groups -OCH3 is 1. The van der Waals surface area contributed by atoms with Gasteiger partial charge in [-0.3, -0.25) is 10.0 Å². The lowest BCUT2D eigenvalue weighted by atomic mass is 10.2. The van der Waals surface area contributed by atoms with Crippen LogP contribution < -0.4 is 9.47 Å². The molecule has 0 amide bonds. The topological polar surface area (TPSA) is 159 Å². The van der Waals surface area contributed by atoms with Gasteiger partial charge in [0.2, 0.25) is 6.21 Å². The van der Waals surface area contributed by atoms with Crippen LogP contribution in [0.2, 0.25) is 0 Å². The molecule has 0 N–H and O–H groups in total. The minimum absolute atomic E-state index is 0.136. The molecule has 1 aromatic carbocycles. The molecule has 0 heterocycles. The molecule has 0 aliphatic heterocycles. The van der Waals surface area contributed by atoms with Crippen molar-refractivity contribution in [1.29, 1.82) is 0 Å². The van der Waals surface area contributed by atoms with E-state index in [2.05, 4.69) is 13.2 Å². The van der Waals surface area contributed by atoms with Crippen molar-refractivity contribution in [3.63, 3.8) is 0 Å². The molecule has 13 nitrogen and oxygen atoms in total. The number of hydrogen-bond acceptors (Lipinski definition) is 12. The average Bonchev–Trinajstić information content (AvgIpc) is 2.93. The highest BCUT2D eigenvalue weighted by Crippen LogP contribution is 2.29. The minimum Gasteiger partial charge on any atom is -0.493 e. The summed E-state index contributed by atoms with van der Waals surface area (Å²) in [7, 11) is 1.41. The SMILES string of the molecule is C=C(C)C(=O)OCC(COc1ccc(/C=C/C(=O)OCC(COC(=O)C(=C)C)O/[N+]([O-])=C/C)cc1OC)OC(C)=O. The van der Waals surface area contributed by atoms with Crippen molar-refractivity contribution >= 4 is 36.2 Å². The molecule has 0 bridgehead atoms. The van der Waals surface area contributed by atoms with E-state index in [0.717, 1.165) is 12.3 Å². The number of nitrogens with zero attached hydrogens (tertiary/aromatic N) is 1. The van der Waals surface area contributed by atoms with Crippen LogP contribution in [-0.2, 0) is 43.0 Å². The molecule has 1 aromatic rings. The summed E-state index contributed by atoms with van der Waals surface area (Å²) in [5.74, 6) is -2.04. The Morgan fingerprint density at radius 2 is 1.49 bits per heavy atom. The molecule has 1 rings (SSSR count). The summed E-state index contributed by atoms with van der Waals surface area (Å²) >= 11 is 0. The first-order valence-corrected chi connectivity index (χ1v) is 12.3. The van der Waals surface area contributed by atoms with Gasteiger partial charge in [-0.15, -0.1) is 0 Å². The number of carbonyl (C=O) groups excluding carboxylic acids is 4. The Bertz CT molecular complexity index is 1170. The number of rotatable bonds is 17. The summed E-state index contributed by atoms with van der Waals surface area (Å²) in [6, 6.07) is 4.77. The van der Waals surface area contributed by atoms with Crippen LogP contribution >= 0.6 is 0 Å². The van der Waals surface area contributed by atoms with Crippen molar-refractivity contribution in [2.75, 3.05) is 33.5 Å². The van der Waals surface area contributed by atoms with Gasteiger partial charge < -0.3 is 33.3 Å². The highest BCUT2D eigenvalue weighted by molar-refractivity contribution is 5.88. The van der Waals surface area contributed by atoms with Crippen molar-refractivity contribution in [3.8, 4) is 11.5 Å². The van der Waals surface area contributed by atoms with Crippen LogP contribution in [0.4, 0.5) is 0 Å². The van der Waals surface area contributed by atoms with Crippen LogP contribution in [0.3, 0.4) is 0 Å². The van der Waals surface area contributed by atoms with Gasteiger partial charge >= 0.3 is 23.9 Å². The van der Waals surface area contributed by atoms with E-state index in [0.29, 0.717) is 17.1 Å². The fraction of sp³-hybridized carbons (Fsp3) is 0.393. The van der Waals surface area contributed by atoms with Gasteiger partial charge in [0.25, 0.3) is 0 Å². The summed E-state index contributed by atoms with van der Waals surface area (Å²) in [4.78, 5) is 52.1. The Morgan fingerprint density at radius 1 is 0.902 bits per heavy atom. The van der Waals surface area contributed by atoms with E-state index in [-0.39, 0.29) is 42.5 Å². The Balaban J connectivity index is 2.80. The molecule has 0 aromatic heterocycles. The predicted octanol–water partition coefficient (Wildman–Crippen LogP) is 2.70.